The summed E-state index contributed by atoms with van der Waals surface area (Å²) in [6.45, 7) is 9.49. The second-order valence-electron chi connectivity index (χ2n) is 2.72. The maximum Gasteiger partial charge on any atom is 0.0994 e. The van der Waals surface area contributed by atoms with Gasteiger partial charge in [-0.3, -0.25) is 0 Å². The smallest absolute Gasteiger partial charge is 0.0994 e. The molecule has 0 radical (unpaired) electrons. The number of rotatable bonds is 2. The molecule has 0 saturated carbocycles. The van der Waals surface area contributed by atoms with Gasteiger partial charge >= 0.3 is 0 Å². The maximum absolute atomic E-state index is 8.60. The number of nitrogens with zero attached hydrogens (tertiary/aromatic N) is 1. The third-order valence-electron chi connectivity index (χ3n) is 1.16. The summed E-state index contributed by atoms with van der Waals surface area (Å²) in [5, 5.41) is 8.60. The second kappa shape index (κ2) is 4.51. The Labute approximate surface area is 68.3 Å². The highest BCUT2D eigenvalue weighted by molar-refractivity contribution is 5.41. The molecule has 1 heteroatoms. The molecule has 0 aromatic heterocycles. The molecule has 0 unspecified atom stereocenters. The van der Waals surface area contributed by atoms with E-state index in [9.17, 15) is 0 Å². The van der Waals surface area contributed by atoms with Crippen molar-refractivity contribution < 1.29 is 0 Å². The van der Waals surface area contributed by atoms with Crippen molar-refractivity contribution in [1.29, 1.82) is 5.26 Å². The van der Waals surface area contributed by atoms with Crippen LogP contribution in [0, 0.1) is 11.3 Å². The molecule has 0 rings (SSSR count). The summed E-state index contributed by atoms with van der Waals surface area (Å²) in [4.78, 5) is 0. The highest BCUT2D eigenvalue weighted by atomic mass is 14.2. The second-order valence-corrected chi connectivity index (χ2v) is 2.72. The monoisotopic (exact) mass is 147 g/mol. The Morgan fingerprint density at radius 3 is 2.09 bits per heavy atom. The third kappa shape index (κ3) is 4.16. The first-order valence-corrected chi connectivity index (χ1v) is 3.49. The molecule has 0 aromatic carbocycles. The molecule has 0 fully saturated rings. The van der Waals surface area contributed by atoms with Gasteiger partial charge in [-0.15, -0.1) is 0 Å². The third-order valence-corrected chi connectivity index (χ3v) is 1.16. The lowest BCUT2D eigenvalue weighted by Gasteiger charge is -1.91. The Kier molecular flexibility index (Phi) is 3.98. The van der Waals surface area contributed by atoms with E-state index in [1.54, 1.807) is 6.08 Å². The van der Waals surface area contributed by atoms with Gasteiger partial charge in [0, 0.05) is 0 Å². The summed E-state index contributed by atoms with van der Waals surface area (Å²) in [6, 6.07) is 2.07. The average molecular weight is 147 g/mol. The van der Waals surface area contributed by atoms with Crippen LogP contribution in [0.15, 0.2) is 35.5 Å². The minimum atomic E-state index is 0.645. The lowest BCUT2D eigenvalue weighted by Crippen LogP contribution is -1.77. The Morgan fingerprint density at radius 1 is 1.27 bits per heavy atom. The van der Waals surface area contributed by atoms with Crippen LogP contribution in [0.4, 0.5) is 0 Å². The Bertz CT molecular complexity index is 245. The van der Waals surface area contributed by atoms with Crippen LogP contribution in [0.2, 0.25) is 0 Å². The van der Waals surface area contributed by atoms with Crippen molar-refractivity contribution in [3.8, 4) is 6.07 Å². The fourth-order valence-corrected chi connectivity index (χ4v) is 0.525. The minimum Gasteiger partial charge on any atom is -0.192 e. The molecule has 0 heterocycles. The number of allylic oxidation sites excluding steroid dienone is 5. The topological polar surface area (TPSA) is 23.8 Å². The molecule has 0 spiro atoms. The van der Waals surface area contributed by atoms with Gasteiger partial charge in [0.25, 0.3) is 0 Å². The van der Waals surface area contributed by atoms with Crippen LogP contribution < -0.4 is 0 Å². The Morgan fingerprint density at radius 2 is 1.82 bits per heavy atom. The van der Waals surface area contributed by atoms with Crippen molar-refractivity contribution in [2.75, 3.05) is 0 Å². The van der Waals surface area contributed by atoms with Gasteiger partial charge in [0.15, 0.2) is 0 Å². The predicted octanol–water partition coefficient (Wildman–Crippen LogP) is 2.98. The first kappa shape index (κ1) is 9.71. The van der Waals surface area contributed by atoms with Crippen molar-refractivity contribution in [1.82, 2.24) is 0 Å². The lowest BCUT2D eigenvalue weighted by molar-refractivity contribution is 1.37. The van der Waals surface area contributed by atoms with Crippen LogP contribution in [0.1, 0.15) is 20.8 Å². The molecule has 0 aliphatic heterocycles. The van der Waals surface area contributed by atoms with E-state index in [1.165, 1.54) is 5.57 Å². The highest BCUT2D eigenvalue weighted by Crippen LogP contribution is 2.05. The summed E-state index contributed by atoms with van der Waals surface area (Å²) >= 11 is 0. The standard InChI is InChI=1S/C10H13N/c1-8(2)5-6-10(7-11)9(3)4/h5-6H,3H2,1-2,4H3/b10-6-. The molecule has 0 aliphatic rings. The van der Waals surface area contributed by atoms with Crippen LogP contribution in [0.25, 0.3) is 0 Å². The van der Waals surface area contributed by atoms with E-state index in [-0.39, 0.29) is 0 Å². The van der Waals surface area contributed by atoms with Gasteiger partial charge in [-0.05, 0) is 32.4 Å². The zero-order valence-electron chi connectivity index (χ0n) is 7.31. The first-order chi connectivity index (χ1) is 5.07. The fourth-order valence-electron chi connectivity index (χ4n) is 0.525. The molecule has 0 atom stereocenters. The van der Waals surface area contributed by atoms with Gasteiger partial charge in [0.2, 0.25) is 0 Å². The molecule has 0 aromatic rings. The summed E-state index contributed by atoms with van der Waals surface area (Å²) in [7, 11) is 0. The van der Waals surface area contributed by atoms with Crippen LogP contribution in [0.3, 0.4) is 0 Å². The van der Waals surface area contributed by atoms with Gasteiger partial charge in [-0.2, -0.15) is 5.26 Å². The SMILES string of the molecule is C=C(C)/C(C#N)=C\C=C(C)C. The molecule has 58 valence electrons. The Hall–Kier alpha value is -1.29. The van der Waals surface area contributed by atoms with Crippen LogP contribution in [0.5, 0.6) is 0 Å². The molecular formula is C10H13N. The summed E-state index contributed by atoms with van der Waals surface area (Å²) in [5.74, 6) is 0. The minimum absolute atomic E-state index is 0.645. The van der Waals surface area contributed by atoms with Crippen LogP contribution >= 0.6 is 0 Å². The maximum atomic E-state index is 8.60. The Balaban J connectivity index is 4.54. The zero-order chi connectivity index (χ0) is 8.85. The van der Waals surface area contributed by atoms with Crippen molar-refractivity contribution in [2.45, 2.75) is 20.8 Å². The average Bonchev–Trinajstić information content (AvgIpc) is 1.87. The van der Waals surface area contributed by atoms with Gasteiger partial charge in [-0.1, -0.05) is 18.2 Å². The lowest BCUT2D eigenvalue weighted by atomic mass is 10.1. The molecule has 1 nitrogen and oxygen atoms in total. The molecule has 11 heavy (non-hydrogen) atoms. The quantitative estimate of drug-likeness (QED) is 0.435. The molecular weight excluding hydrogens is 134 g/mol. The van der Waals surface area contributed by atoms with E-state index in [2.05, 4.69) is 12.6 Å². The first-order valence-electron chi connectivity index (χ1n) is 3.49. The number of hydrogen-bond donors (Lipinski definition) is 0. The predicted molar refractivity (Wildman–Crippen MR) is 47.9 cm³/mol. The molecule has 0 N–H and O–H groups in total. The summed E-state index contributed by atoms with van der Waals surface area (Å²) in [6.07, 6.45) is 3.70. The molecule has 0 amide bonds. The number of nitriles is 1. The van der Waals surface area contributed by atoms with E-state index in [0.717, 1.165) is 5.57 Å². The van der Waals surface area contributed by atoms with Gasteiger partial charge in [0.05, 0.1) is 11.6 Å². The zero-order valence-corrected chi connectivity index (χ0v) is 7.31. The van der Waals surface area contributed by atoms with Gasteiger partial charge in [-0.25, -0.2) is 0 Å². The largest absolute Gasteiger partial charge is 0.192 e. The van der Waals surface area contributed by atoms with Gasteiger partial charge < -0.3 is 0 Å². The van der Waals surface area contributed by atoms with E-state index in [4.69, 9.17) is 5.26 Å². The highest BCUT2D eigenvalue weighted by Gasteiger charge is 1.91. The van der Waals surface area contributed by atoms with E-state index in [1.807, 2.05) is 26.8 Å². The molecule has 0 saturated heterocycles. The molecule has 0 aliphatic carbocycles. The van der Waals surface area contributed by atoms with Gasteiger partial charge in [0.1, 0.15) is 0 Å². The van der Waals surface area contributed by atoms with E-state index in [0.29, 0.717) is 5.57 Å². The van der Waals surface area contributed by atoms with E-state index >= 15 is 0 Å². The normalized spacial score (nSPS) is 10.2. The van der Waals surface area contributed by atoms with E-state index < -0.39 is 0 Å². The number of hydrogen-bond acceptors (Lipinski definition) is 1. The van der Waals surface area contributed by atoms with Crippen molar-refractivity contribution >= 4 is 0 Å². The molecule has 0 bridgehead atoms. The fraction of sp³-hybridized carbons (Fsp3) is 0.300. The van der Waals surface area contributed by atoms with Crippen molar-refractivity contribution in [2.24, 2.45) is 0 Å². The van der Waals surface area contributed by atoms with Crippen LogP contribution in [-0.2, 0) is 0 Å². The van der Waals surface area contributed by atoms with Crippen LogP contribution in [-0.4, -0.2) is 0 Å². The van der Waals surface area contributed by atoms with Crippen molar-refractivity contribution in [3.05, 3.63) is 35.5 Å². The van der Waals surface area contributed by atoms with Crippen molar-refractivity contribution in [3.63, 3.8) is 0 Å². The summed E-state index contributed by atoms with van der Waals surface area (Å²) < 4.78 is 0. The summed E-state index contributed by atoms with van der Waals surface area (Å²) in [5.41, 5.74) is 2.63.